The summed E-state index contributed by atoms with van der Waals surface area (Å²) < 4.78 is 47.4. The van der Waals surface area contributed by atoms with Gasteiger partial charge in [-0.1, -0.05) is 12.1 Å². The minimum Gasteiger partial charge on any atom is -0.406 e. The number of anilines is 1. The standard InChI is InChI=1S/C29H21F3N4O6/c30-29(31,32)26-25(18-7-5-17(14-33)6-8-18)23(37)13-24(27(26)38)42-28(39)34-15-19-3-1-2-4-22(19)35(16-34)20-9-11-21(12-10-20)36(40)41/h5-13H,1-4,15-16H2. The van der Waals surface area contributed by atoms with E-state index in [4.69, 9.17) is 10.00 Å². The van der Waals surface area contributed by atoms with Gasteiger partial charge in [-0.25, -0.2) is 4.79 Å². The van der Waals surface area contributed by atoms with E-state index in [9.17, 15) is 37.7 Å². The van der Waals surface area contributed by atoms with Crippen molar-refractivity contribution in [2.45, 2.75) is 31.9 Å². The fraction of sp³-hybridized carbons (Fsp3) is 0.241. The summed E-state index contributed by atoms with van der Waals surface area (Å²) in [5.74, 6) is -3.91. The quantitative estimate of drug-likeness (QED) is 0.261. The molecule has 0 aromatic heterocycles. The van der Waals surface area contributed by atoms with E-state index in [0.717, 1.165) is 36.2 Å². The summed E-state index contributed by atoms with van der Waals surface area (Å²) in [5.41, 5.74) is -0.474. The Kier molecular flexibility index (Phi) is 7.38. The van der Waals surface area contributed by atoms with E-state index in [1.165, 1.54) is 41.3 Å². The number of carbonyl (C=O) groups excluding carboxylic acids is 3. The molecule has 10 nitrogen and oxygen atoms in total. The van der Waals surface area contributed by atoms with Crippen LogP contribution in [0.5, 0.6) is 0 Å². The Balaban J connectivity index is 1.42. The van der Waals surface area contributed by atoms with E-state index in [1.54, 1.807) is 4.90 Å². The highest BCUT2D eigenvalue weighted by molar-refractivity contribution is 6.37. The third-order valence-electron chi connectivity index (χ3n) is 7.19. The molecule has 0 N–H and O–H groups in total. The summed E-state index contributed by atoms with van der Waals surface area (Å²) in [6.07, 6.45) is -2.72. The molecule has 214 valence electrons. The van der Waals surface area contributed by atoms with Gasteiger partial charge >= 0.3 is 12.3 Å². The number of carbonyl (C=O) groups is 3. The molecule has 0 atom stereocenters. The van der Waals surface area contributed by atoms with E-state index in [2.05, 4.69) is 0 Å². The highest BCUT2D eigenvalue weighted by Crippen LogP contribution is 2.39. The van der Waals surface area contributed by atoms with Gasteiger partial charge in [0.15, 0.2) is 11.5 Å². The molecular weight excluding hydrogens is 557 g/mol. The number of nitro benzene ring substituents is 1. The maximum absolute atomic E-state index is 14.1. The predicted octanol–water partition coefficient (Wildman–Crippen LogP) is 5.56. The maximum atomic E-state index is 14.1. The zero-order valence-electron chi connectivity index (χ0n) is 21.8. The minimum atomic E-state index is -5.25. The van der Waals surface area contributed by atoms with Crippen LogP contribution in [0.25, 0.3) is 5.57 Å². The van der Waals surface area contributed by atoms with Gasteiger partial charge in [0.1, 0.15) is 12.2 Å². The van der Waals surface area contributed by atoms with Crippen molar-refractivity contribution in [1.82, 2.24) is 4.90 Å². The second kappa shape index (κ2) is 11.0. The normalized spacial score (nSPS) is 17.5. The van der Waals surface area contributed by atoms with Crippen LogP contribution >= 0.6 is 0 Å². The van der Waals surface area contributed by atoms with E-state index in [-0.39, 0.29) is 30.0 Å². The van der Waals surface area contributed by atoms with Gasteiger partial charge in [0.2, 0.25) is 5.78 Å². The Labute approximate surface area is 236 Å². The summed E-state index contributed by atoms with van der Waals surface area (Å²) in [6.45, 7) is 0.00881. The van der Waals surface area contributed by atoms with Crippen LogP contribution in [-0.2, 0) is 14.3 Å². The molecule has 42 heavy (non-hydrogen) atoms. The maximum Gasteiger partial charge on any atom is 0.421 e. The van der Waals surface area contributed by atoms with Gasteiger partial charge in [0.25, 0.3) is 5.69 Å². The van der Waals surface area contributed by atoms with Gasteiger partial charge in [-0.15, -0.1) is 0 Å². The lowest BCUT2D eigenvalue weighted by Gasteiger charge is -2.41. The summed E-state index contributed by atoms with van der Waals surface area (Å²) in [4.78, 5) is 52.7. The van der Waals surface area contributed by atoms with Crippen LogP contribution in [0.1, 0.15) is 36.8 Å². The number of hydrogen-bond acceptors (Lipinski definition) is 8. The lowest BCUT2D eigenvalue weighted by atomic mass is 9.88. The highest BCUT2D eigenvalue weighted by atomic mass is 19.4. The number of hydrogen-bond donors (Lipinski definition) is 0. The summed E-state index contributed by atoms with van der Waals surface area (Å²) >= 11 is 0. The Morgan fingerprint density at radius 2 is 1.69 bits per heavy atom. The molecule has 0 fully saturated rings. The molecule has 1 heterocycles. The average molecular weight is 579 g/mol. The first-order valence-electron chi connectivity index (χ1n) is 12.8. The minimum absolute atomic E-state index is 0.0939. The van der Waals surface area contributed by atoms with Gasteiger partial charge in [0, 0.05) is 41.7 Å². The van der Waals surface area contributed by atoms with Crippen molar-refractivity contribution >= 4 is 34.6 Å². The van der Waals surface area contributed by atoms with Crippen molar-refractivity contribution in [3.8, 4) is 6.07 Å². The molecule has 1 amide bonds. The predicted molar refractivity (Wildman–Crippen MR) is 141 cm³/mol. The largest absolute Gasteiger partial charge is 0.421 e. The number of halogens is 3. The molecule has 0 saturated carbocycles. The van der Waals surface area contributed by atoms with Crippen molar-refractivity contribution in [1.29, 1.82) is 5.26 Å². The van der Waals surface area contributed by atoms with Gasteiger partial charge in [-0.05, 0) is 61.1 Å². The molecule has 13 heteroatoms. The number of benzene rings is 2. The Bertz CT molecular complexity index is 1630. The van der Waals surface area contributed by atoms with E-state index >= 15 is 0 Å². The van der Waals surface area contributed by atoms with Crippen molar-refractivity contribution < 1.29 is 37.2 Å². The molecule has 2 aromatic rings. The zero-order valence-corrected chi connectivity index (χ0v) is 21.8. The van der Waals surface area contributed by atoms with Crippen LogP contribution in [-0.4, -0.2) is 46.9 Å². The number of nitriles is 1. The number of nitrogens with zero attached hydrogens (tertiary/aromatic N) is 4. The van der Waals surface area contributed by atoms with Crippen molar-refractivity contribution in [3.05, 3.63) is 98.5 Å². The topological polar surface area (TPSA) is 134 Å². The van der Waals surface area contributed by atoms with Crippen LogP contribution in [0.4, 0.5) is 29.3 Å². The number of non-ortho nitro benzene ring substituents is 1. The third-order valence-corrected chi connectivity index (χ3v) is 7.19. The molecule has 0 bridgehead atoms. The number of alkyl halides is 3. The molecule has 0 saturated heterocycles. The molecule has 3 aliphatic rings. The van der Waals surface area contributed by atoms with E-state index in [0.29, 0.717) is 24.6 Å². The summed E-state index contributed by atoms with van der Waals surface area (Å²) in [7, 11) is 0. The van der Waals surface area contributed by atoms with Crippen molar-refractivity contribution in [2.24, 2.45) is 0 Å². The SMILES string of the molecule is N#Cc1ccc(C2=C(C(F)(F)F)C(=O)C(OC(=O)N3CC4=C(CCCC4)N(c4ccc([N+](=O)[O-])cc4)C3)=CC2=O)cc1. The van der Waals surface area contributed by atoms with Crippen molar-refractivity contribution in [2.75, 3.05) is 18.1 Å². The molecule has 2 aromatic carbocycles. The monoisotopic (exact) mass is 578 g/mol. The Morgan fingerprint density at radius 1 is 1.02 bits per heavy atom. The first kappa shape index (κ1) is 28.3. The van der Waals surface area contributed by atoms with E-state index in [1.807, 2.05) is 6.07 Å². The summed E-state index contributed by atoms with van der Waals surface area (Å²) in [6, 6.07) is 12.2. The second-order valence-electron chi connectivity index (χ2n) is 9.81. The van der Waals surface area contributed by atoms with Crippen LogP contribution in [0.3, 0.4) is 0 Å². The zero-order chi connectivity index (χ0) is 30.2. The average Bonchev–Trinajstić information content (AvgIpc) is 2.97. The molecular formula is C29H21F3N4O6. The number of ether oxygens (including phenoxy) is 1. The molecule has 0 radical (unpaired) electrons. The third kappa shape index (κ3) is 5.38. The lowest BCUT2D eigenvalue weighted by molar-refractivity contribution is -0.384. The van der Waals surface area contributed by atoms with Crippen LogP contribution in [0.2, 0.25) is 0 Å². The Hall–Kier alpha value is -5.25. The molecule has 5 rings (SSSR count). The first-order valence-corrected chi connectivity index (χ1v) is 12.8. The number of amides is 1. The Morgan fingerprint density at radius 3 is 2.31 bits per heavy atom. The molecule has 0 spiro atoms. The van der Waals surface area contributed by atoms with Gasteiger partial charge in [-0.2, -0.15) is 18.4 Å². The fourth-order valence-electron chi connectivity index (χ4n) is 5.22. The smallest absolute Gasteiger partial charge is 0.406 e. The van der Waals surface area contributed by atoms with Crippen molar-refractivity contribution in [3.63, 3.8) is 0 Å². The number of nitro groups is 1. The number of Topliss-reactive ketones (excluding diaryl/α,β-unsaturated/α-hetero) is 1. The van der Waals surface area contributed by atoms with Gasteiger partial charge in [-0.3, -0.25) is 24.6 Å². The molecule has 2 aliphatic carbocycles. The van der Waals surface area contributed by atoms with Crippen LogP contribution < -0.4 is 4.90 Å². The summed E-state index contributed by atoms with van der Waals surface area (Å²) in [5, 5.41) is 20.0. The van der Waals surface area contributed by atoms with E-state index < -0.39 is 45.7 Å². The van der Waals surface area contributed by atoms with Crippen LogP contribution in [0, 0.1) is 21.4 Å². The fourth-order valence-corrected chi connectivity index (χ4v) is 5.22. The number of allylic oxidation sites excluding steroid dienone is 4. The highest BCUT2D eigenvalue weighted by Gasteiger charge is 2.47. The number of rotatable bonds is 4. The second-order valence-corrected chi connectivity index (χ2v) is 9.81. The molecule has 0 unspecified atom stereocenters. The lowest BCUT2D eigenvalue weighted by Crippen LogP contribution is -2.48. The van der Waals surface area contributed by atoms with Crippen LogP contribution in [0.15, 0.2) is 77.2 Å². The van der Waals surface area contributed by atoms with Gasteiger partial charge in [0.05, 0.1) is 16.6 Å². The first-order chi connectivity index (χ1) is 20.0. The van der Waals surface area contributed by atoms with Gasteiger partial charge < -0.3 is 9.64 Å². The number of ketones is 2. The molecule has 1 aliphatic heterocycles.